The van der Waals surface area contributed by atoms with Gasteiger partial charge in [0.15, 0.2) is 0 Å². The minimum absolute atomic E-state index is 0.288. The molecule has 1 aromatic heterocycles. The Labute approximate surface area is 226 Å². The Balaban J connectivity index is 1.62. The number of esters is 1. The molecule has 0 saturated heterocycles. The third kappa shape index (κ3) is 4.71. The van der Waals surface area contributed by atoms with E-state index >= 15 is 0 Å². The van der Waals surface area contributed by atoms with Crippen molar-refractivity contribution in [3.05, 3.63) is 126 Å². The van der Waals surface area contributed by atoms with Gasteiger partial charge in [-0.25, -0.2) is 9.18 Å². The van der Waals surface area contributed by atoms with E-state index in [2.05, 4.69) is 22.0 Å². The van der Waals surface area contributed by atoms with Gasteiger partial charge in [-0.1, -0.05) is 54.6 Å². The van der Waals surface area contributed by atoms with Crippen LogP contribution in [0.4, 0.5) is 4.39 Å². The fourth-order valence-corrected chi connectivity index (χ4v) is 5.15. The Morgan fingerprint density at radius 1 is 0.923 bits per heavy atom. The van der Waals surface area contributed by atoms with Gasteiger partial charge < -0.3 is 19.4 Å². The lowest BCUT2D eigenvalue weighted by Crippen LogP contribution is -2.10. The predicted octanol–water partition coefficient (Wildman–Crippen LogP) is 6.79. The topological polar surface area (TPSA) is 52.5 Å². The maximum Gasteiger partial charge on any atom is 0.337 e. The van der Waals surface area contributed by atoms with Crippen LogP contribution in [0.5, 0.6) is 5.75 Å². The van der Waals surface area contributed by atoms with Gasteiger partial charge in [-0.05, 0) is 65.2 Å². The molecule has 194 valence electrons. The van der Waals surface area contributed by atoms with Crippen molar-refractivity contribution in [3.63, 3.8) is 0 Å². The number of carbonyl (C=O) groups is 1. The number of nitrogens with one attached hydrogen (secondary N) is 1. The zero-order valence-corrected chi connectivity index (χ0v) is 21.5. The lowest BCUT2D eigenvalue weighted by Gasteiger charge is -2.14. The zero-order valence-electron chi connectivity index (χ0n) is 21.5. The van der Waals surface area contributed by atoms with Gasteiger partial charge in [0.05, 0.1) is 29.3 Å². The molecule has 0 atom stereocenters. The van der Waals surface area contributed by atoms with E-state index < -0.39 is 0 Å². The molecule has 0 saturated carbocycles. The van der Waals surface area contributed by atoms with E-state index in [4.69, 9.17) is 9.47 Å². The Bertz CT molecular complexity index is 1670. The highest BCUT2D eigenvalue weighted by Crippen LogP contribution is 2.45. The third-order valence-electron chi connectivity index (χ3n) is 6.98. The standard InChI is InChI=1S/C33H27FN2O3/c1-38-33(37)24-12-10-23(11-13-24)30-31-28(8-5-9-29(31)39-21-22-6-3-2-4-7-22)36(27-16-14-26(34)15-17-27)32(30)25-18-19-35-20-25/h2-18,35H,19-21H2,1H3. The van der Waals surface area contributed by atoms with Crippen LogP contribution in [0.1, 0.15) is 21.6 Å². The zero-order chi connectivity index (χ0) is 26.8. The third-order valence-corrected chi connectivity index (χ3v) is 6.98. The summed E-state index contributed by atoms with van der Waals surface area (Å²) in [5.74, 6) is 0.0752. The molecule has 0 aliphatic carbocycles. The predicted molar refractivity (Wildman–Crippen MR) is 152 cm³/mol. The number of benzene rings is 4. The van der Waals surface area contributed by atoms with E-state index in [-0.39, 0.29) is 11.8 Å². The molecule has 4 aromatic carbocycles. The highest BCUT2D eigenvalue weighted by molar-refractivity contribution is 6.07. The molecule has 5 nitrogen and oxygen atoms in total. The van der Waals surface area contributed by atoms with Gasteiger partial charge >= 0.3 is 5.97 Å². The second-order valence-electron chi connectivity index (χ2n) is 9.39. The first-order valence-corrected chi connectivity index (χ1v) is 12.8. The van der Waals surface area contributed by atoms with Crippen molar-refractivity contribution in [1.82, 2.24) is 9.88 Å². The number of carbonyl (C=O) groups excluding carboxylic acids is 1. The van der Waals surface area contributed by atoms with E-state index in [1.807, 2.05) is 54.6 Å². The fraction of sp³-hybridized carbons (Fsp3) is 0.121. The van der Waals surface area contributed by atoms with Crippen LogP contribution in [-0.4, -0.2) is 30.7 Å². The van der Waals surface area contributed by atoms with E-state index in [0.29, 0.717) is 18.7 Å². The van der Waals surface area contributed by atoms with Crippen molar-refractivity contribution in [2.24, 2.45) is 0 Å². The van der Waals surface area contributed by atoms with Crippen molar-refractivity contribution < 1.29 is 18.7 Å². The molecule has 2 heterocycles. The van der Waals surface area contributed by atoms with Crippen LogP contribution >= 0.6 is 0 Å². The van der Waals surface area contributed by atoms with Gasteiger partial charge in [0.1, 0.15) is 18.2 Å². The summed E-state index contributed by atoms with van der Waals surface area (Å²) < 4.78 is 27.5. The summed E-state index contributed by atoms with van der Waals surface area (Å²) in [5, 5.41) is 4.37. The average Bonchev–Trinajstić information content (AvgIpc) is 3.63. The molecule has 0 unspecified atom stereocenters. The largest absolute Gasteiger partial charge is 0.488 e. The number of nitrogens with zero attached hydrogens (tertiary/aromatic N) is 1. The van der Waals surface area contributed by atoms with Crippen LogP contribution in [0.2, 0.25) is 0 Å². The summed E-state index contributed by atoms with van der Waals surface area (Å²) in [4.78, 5) is 12.1. The SMILES string of the molecule is COC(=O)c1ccc(-c2c(C3=CCNC3)n(-c3ccc(F)cc3)c3cccc(OCc4ccccc4)c23)cc1. The van der Waals surface area contributed by atoms with Crippen LogP contribution in [0, 0.1) is 5.82 Å². The summed E-state index contributed by atoms with van der Waals surface area (Å²) in [7, 11) is 1.38. The number of fused-ring (bicyclic) bond motifs is 1. The van der Waals surface area contributed by atoms with Crippen molar-refractivity contribution in [1.29, 1.82) is 0 Å². The summed E-state index contributed by atoms with van der Waals surface area (Å²) in [6, 6.07) is 30.1. The number of aromatic nitrogens is 1. The molecule has 0 amide bonds. The van der Waals surface area contributed by atoms with Gasteiger partial charge in [0.25, 0.3) is 0 Å². The monoisotopic (exact) mass is 518 g/mol. The van der Waals surface area contributed by atoms with Gasteiger partial charge in [0.2, 0.25) is 0 Å². The molecule has 5 aromatic rings. The van der Waals surface area contributed by atoms with Crippen LogP contribution in [-0.2, 0) is 11.3 Å². The van der Waals surface area contributed by atoms with Crippen LogP contribution < -0.4 is 10.1 Å². The van der Waals surface area contributed by atoms with Gasteiger partial charge in [-0.15, -0.1) is 0 Å². The number of ether oxygens (including phenoxy) is 2. The molecular formula is C33H27FN2O3. The molecule has 0 fully saturated rings. The molecule has 0 spiro atoms. The molecular weight excluding hydrogens is 491 g/mol. The number of hydrogen-bond acceptors (Lipinski definition) is 4. The highest BCUT2D eigenvalue weighted by Gasteiger charge is 2.26. The second-order valence-corrected chi connectivity index (χ2v) is 9.39. The lowest BCUT2D eigenvalue weighted by molar-refractivity contribution is 0.0600. The van der Waals surface area contributed by atoms with Crippen molar-refractivity contribution in [2.45, 2.75) is 6.61 Å². The normalized spacial score (nSPS) is 12.9. The van der Waals surface area contributed by atoms with Crippen LogP contribution in [0.3, 0.4) is 0 Å². The molecule has 6 rings (SSSR count). The Morgan fingerprint density at radius 2 is 1.69 bits per heavy atom. The maximum atomic E-state index is 14.0. The van der Waals surface area contributed by atoms with Gasteiger partial charge in [-0.3, -0.25) is 0 Å². The van der Waals surface area contributed by atoms with Gasteiger partial charge in [-0.2, -0.15) is 0 Å². The summed E-state index contributed by atoms with van der Waals surface area (Å²) in [5.41, 5.74) is 7.41. The average molecular weight is 519 g/mol. The van der Waals surface area contributed by atoms with Crippen LogP contribution in [0.25, 0.3) is 33.3 Å². The number of halogens is 1. The second kappa shape index (κ2) is 10.6. The Hall–Kier alpha value is -4.68. The Morgan fingerprint density at radius 3 is 2.38 bits per heavy atom. The lowest BCUT2D eigenvalue weighted by atomic mass is 9.97. The first-order chi connectivity index (χ1) is 19.1. The molecule has 1 N–H and O–H groups in total. The summed E-state index contributed by atoms with van der Waals surface area (Å²) in [6.45, 7) is 1.88. The first kappa shape index (κ1) is 24.6. The minimum atomic E-state index is -0.384. The molecule has 1 aliphatic heterocycles. The van der Waals surface area contributed by atoms with E-state index in [1.165, 1.54) is 19.2 Å². The number of rotatable bonds is 7. The molecule has 0 radical (unpaired) electrons. The van der Waals surface area contributed by atoms with E-state index in [1.54, 1.807) is 24.3 Å². The molecule has 1 aliphatic rings. The molecule has 0 bridgehead atoms. The smallest absolute Gasteiger partial charge is 0.337 e. The van der Waals surface area contributed by atoms with Crippen molar-refractivity contribution >= 4 is 22.4 Å². The minimum Gasteiger partial charge on any atom is -0.488 e. The first-order valence-electron chi connectivity index (χ1n) is 12.8. The summed E-state index contributed by atoms with van der Waals surface area (Å²) >= 11 is 0. The van der Waals surface area contributed by atoms with Crippen LogP contribution in [0.15, 0.2) is 103 Å². The molecule has 6 heteroatoms. The molecule has 39 heavy (non-hydrogen) atoms. The number of methoxy groups -OCH3 is 1. The summed E-state index contributed by atoms with van der Waals surface area (Å²) in [6.07, 6.45) is 2.19. The quantitative estimate of drug-likeness (QED) is 0.241. The van der Waals surface area contributed by atoms with Crippen molar-refractivity contribution in [3.8, 4) is 22.6 Å². The van der Waals surface area contributed by atoms with Crippen molar-refractivity contribution in [2.75, 3.05) is 20.2 Å². The fourth-order valence-electron chi connectivity index (χ4n) is 5.15. The maximum absolute atomic E-state index is 14.0. The Kier molecular flexibility index (Phi) is 6.69. The number of hydrogen-bond donors (Lipinski definition) is 1. The van der Waals surface area contributed by atoms with Gasteiger partial charge in [0, 0.05) is 24.3 Å². The van der Waals surface area contributed by atoms with E-state index in [0.717, 1.165) is 56.8 Å². The highest BCUT2D eigenvalue weighted by atomic mass is 19.1. The van der Waals surface area contributed by atoms with E-state index in [9.17, 15) is 9.18 Å².